The van der Waals surface area contributed by atoms with E-state index in [1.807, 2.05) is 0 Å². The molecule has 3 aromatic rings. The molecule has 4 N–H and O–H groups in total. The Morgan fingerprint density at radius 3 is 1.59 bits per heavy atom. The van der Waals surface area contributed by atoms with Crippen molar-refractivity contribution >= 4 is 33.2 Å². The molecule has 0 aliphatic rings. The smallest absolute Gasteiger partial charge is 0.255 e. The lowest BCUT2D eigenvalue weighted by molar-refractivity contribution is 0.101. The van der Waals surface area contributed by atoms with Gasteiger partial charge in [0.25, 0.3) is 11.8 Å². The molecule has 3 rings (SSSR count). The summed E-state index contributed by atoms with van der Waals surface area (Å²) in [6.45, 7) is 0. The molecule has 0 heterocycles. The van der Waals surface area contributed by atoms with Crippen LogP contribution in [0.5, 0.6) is 11.5 Å². The second kappa shape index (κ2) is 9.50. The number of methoxy groups -OCH3 is 2. The third-order valence-electron chi connectivity index (χ3n) is 4.50. The van der Waals surface area contributed by atoms with Gasteiger partial charge in [0.15, 0.2) is 0 Å². The van der Waals surface area contributed by atoms with Gasteiger partial charge in [-0.15, -0.1) is 0 Å². The lowest BCUT2D eigenvalue weighted by atomic mass is 10.1. The first-order valence-electron chi connectivity index (χ1n) is 9.29. The Balaban J connectivity index is 1.85. The van der Waals surface area contributed by atoms with Crippen molar-refractivity contribution in [1.82, 2.24) is 0 Å². The Bertz CT molecular complexity index is 1240. The third-order valence-corrected chi connectivity index (χ3v) is 5.43. The number of carbonyl (C=O) groups is 2. The molecule has 0 aromatic heterocycles. The molecule has 166 valence electrons. The highest BCUT2D eigenvalue weighted by Crippen LogP contribution is 2.37. The standard InChI is InChI=1S/C22H21N3O6S/c1-30-19-13-18(25-22(27)15-8-10-16(11-9-15)32(23,28)29)20(31-2)12-17(19)24-21(26)14-6-4-3-5-7-14/h3-13H,1-2H3,(H,24,26)(H,25,27)(H2,23,28,29). The van der Waals surface area contributed by atoms with Crippen LogP contribution in [-0.4, -0.2) is 34.5 Å². The molecular weight excluding hydrogens is 434 g/mol. The lowest BCUT2D eigenvalue weighted by Crippen LogP contribution is -2.16. The highest BCUT2D eigenvalue weighted by Gasteiger charge is 2.17. The Kier molecular flexibility index (Phi) is 6.76. The van der Waals surface area contributed by atoms with Crippen LogP contribution >= 0.6 is 0 Å². The predicted octanol–water partition coefficient (Wildman–Crippen LogP) is 2.86. The molecule has 0 saturated carbocycles. The summed E-state index contributed by atoms with van der Waals surface area (Å²) in [5, 5.41) is 10.5. The molecule has 0 aliphatic heterocycles. The largest absolute Gasteiger partial charge is 0.494 e. The number of ether oxygens (including phenoxy) is 2. The molecule has 0 unspecified atom stereocenters. The van der Waals surface area contributed by atoms with E-state index >= 15 is 0 Å². The highest BCUT2D eigenvalue weighted by atomic mass is 32.2. The van der Waals surface area contributed by atoms with Crippen LogP contribution in [0.2, 0.25) is 0 Å². The fourth-order valence-corrected chi connectivity index (χ4v) is 3.38. The van der Waals surface area contributed by atoms with Gasteiger partial charge in [-0.2, -0.15) is 0 Å². The summed E-state index contributed by atoms with van der Waals surface area (Å²) in [7, 11) is -1.02. The van der Waals surface area contributed by atoms with Gasteiger partial charge in [-0.05, 0) is 36.4 Å². The normalized spacial score (nSPS) is 10.8. The average Bonchev–Trinajstić information content (AvgIpc) is 2.79. The summed E-state index contributed by atoms with van der Waals surface area (Å²) in [5.74, 6) is -0.260. The maximum atomic E-state index is 12.6. The number of carbonyl (C=O) groups excluding carboxylic acids is 2. The minimum atomic E-state index is -3.86. The van der Waals surface area contributed by atoms with Gasteiger partial charge in [0.2, 0.25) is 10.0 Å². The number of nitrogens with two attached hydrogens (primary N) is 1. The fourth-order valence-electron chi connectivity index (χ4n) is 2.87. The number of anilines is 2. The molecule has 2 amide bonds. The summed E-state index contributed by atoms with van der Waals surface area (Å²) < 4.78 is 33.5. The van der Waals surface area contributed by atoms with Crippen molar-refractivity contribution in [3.05, 3.63) is 77.9 Å². The van der Waals surface area contributed by atoms with Crippen molar-refractivity contribution in [1.29, 1.82) is 0 Å². The number of benzene rings is 3. The second-order valence-corrected chi connectivity index (χ2v) is 8.16. The van der Waals surface area contributed by atoms with Crippen molar-refractivity contribution in [2.24, 2.45) is 5.14 Å². The maximum Gasteiger partial charge on any atom is 0.255 e. The maximum absolute atomic E-state index is 12.6. The molecule has 32 heavy (non-hydrogen) atoms. The molecule has 0 fully saturated rings. The highest BCUT2D eigenvalue weighted by molar-refractivity contribution is 7.89. The van der Waals surface area contributed by atoms with Gasteiger partial charge in [-0.3, -0.25) is 9.59 Å². The first kappa shape index (κ1) is 22.8. The monoisotopic (exact) mass is 455 g/mol. The lowest BCUT2D eigenvalue weighted by Gasteiger charge is -2.16. The van der Waals surface area contributed by atoms with Crippen LogP contribution in [0.1, 0.15) is 20.7 Å². The molecule has 3 aromatic carbocycles. The summed E-state index contributed by atoms with van der Waals surface area (Å²) in [6, 6.07) is 16.9. The number of nitrogens with one attached hydrogen (secondary N) is 2. The van der Waals surface area contributed by atoms with E-state index in [1.54, 1.807) is 30.3 Å². The minimum absolute atomic E-state index is 0.105. The van der Waals surface area contributed by atoms with E-state index in [9.17, 15) is 18.0 Å². The fraction of sp³-hybridized carbons (Fsp3) is 0.0909. The van der Waals surface area contributed by atoms with Gasteiger partial charge in [-0.1, -0.05) is 18.2 Å². The van der Waals surface area contributed by atoms with Crippen molar-refractivity contribution in [2.75, 3.05) is 24.9 Å². The zero-order valence-corrected chi connectivity index (χ0v) is 18.1. The first-order chi connectivity index (χ1) is 15.2. The van der Waals surface area contributed by atoms with E-state index in [4.69, 9.17) is 14.6 Å². The molecule has 0 bridgehead atoms. The van der Waals surface area contributed by atoms with Crippen molar-refractivity contribution in [3.63, 3.8) is 0 Å². The first-order valence-corrected chi connectivity index (χ1v) is 10.8. The Hall–Kier alpha value is -3.89. The number of rotatable bonds is 7. The van der Waals surface area contributed by atoms with Crippen LogP contribution in [0, 0.1) is 0 Å². The van der Waals surface area contributed by atoms with Crippen LogP contribution < -0.4 is 25.2 Å². The van der Waals surface area contributed by atoms with E-state index in [2.05, 4.69) is 10.6 Å². The van der Waals surface area contributed by atoms with Crippen LogP contribution in [0.3, 0.4) is 0 Å². The molecule has 0 atom stereocenters. The minimum Gasteiger partial charge on any atom is -0.494 e. The SMILES string of the molecule is COc1cc(NC(=O)c2ccc(S(N)(=O)=O)cc2)c(OC)cc1NC(=O)c1ccccc1. The molecule has 0 saturated heterocycles. The van der Waals surface area contributed by atoms with Gasteiger partial charge < -0.3 is 20.1 Å². The van der Waals surface area contributed by atoms with Gasteiger partial charge in [0.05, 0.1) is 30.5 Å². The molecule has 0 aliphatic carbocycles. The Morgan fingerprint density at radius 2 is 1.19 bits per heavy atom. The number of hydrogen-bond donors (Lipinski definition) is 3. The predicted molar refractivity (Wildman–Crippen MR) is 120 cm³/mol. The van der Waals surface area contributed by atoms with Crippen LogP contribution in [0.25, 0.3) is 0 Å². The second-order valence-electron chi connectivity index (χ2n) is 6.60. The zero-order valence-electron chi connectivity index (χ0n) is 17.3. The van der Waals surface area contributed by atoms with E-state index < -0.39 is 15.9 Å². The molecule has 0 radical (unpaired) electrons. The topological polar surface area (TPSA) is 137 Å². The summed E-state index contributed by atoms with van der Waals surface area (Å²) in [5.41, 5.74) is 1.32. The quantitative estimate of drug-likeness (QED) is 0.501. The van der Waals surface area contributed by atoms with Crippen molar-refractivity contribution in [2.45, 2.75) is 4.90 Å². The molecular formula is C22H21N3O6S. The molecule has 9 nitrogen and oxygen atoms in total. The zero-order chi connectivity index (χ0) is 23.3. The van der Waals surface area contributed by atoms with Crippen molar-refractivity contribution < 1.29 is 27.5 Å². The van der Waals surface area contributed by atoms with Gasteiger partial charge in [0.1, 0.15) is 11.5 Å². The summed E-state index contributed by atoms with van der Waals surface area (Å²) in [6.07, 6.45) is 0. The third kappa shape index (κ3) is 5.23. The van der Waals surface area contributed by atoms with E-state index in [0.717, 1.165) is 0 Å². The van der Waals surface area contributed by atoms with E-state index in [1.165, 1.54) is 50.6 Å². The van der Waals surface area contributed by atoms with Crippen LogP contribution in [0.4, 0.5) is 11.4 Å². The van der Waals surface area contributed by atoms with Gasteiger partial charge >= 0.3 is 0 Å². The number of primary sulfonamides is 1. The molecule has 0 spiro atoms. The van der Waals surface area contributed by atoms with Gasteiger partial charge in [-0.25, -0.2) is 13.6 Å². The Morgan fingerprint density at radius 1 is 0.750 bits per heavy atom. The van der Waals surface area contributed by atoms with Crippen LogP contribution in [-0.2, 0) is 10.0 Å². The van der Waals surface area contributed by atoms with E-state index in [-0.39, 0.29) is 22.1 Å². The number of hydrogen-bond acceptors (Lipinski definition) is 6. The van der Waals surface area contributed by atoms with E-state index in [0.29, 0.717) is 22.7 Å². The Labute approximate surface area is 185 Å². The average molecular weight is 455 g/mol. The summed E-state index contributed by atoms with van der Waals surface area (Å²) >= 11 is 0. The number of sulfonamides is 1. The summed E-state index contributed by atoms with van der Waals surface area (Å²) in [4.78, 5) is 25.0. The number of amides is 2. The van der Waals surface area contributed by atoms with Crippen molar-refractivity contribution in [3.8, 4) is 11.5 Å². The van der Waals surface area contributed by atoms with Gasteiger partial charge in [0, 0.05) is 23.3 Å². The van der Waals surface area contributed by atoms with Crippen LogP contribution in [0.15, 0.2) is 71.6 Å². The molecule has 10 heteroatoms.